The molecule has 1 unspecified atom stereocenters. The van der Waals surface area contributed by atoms with Crippen LogP contribution in [0.4, 0.5) is 11.5 Å². The van der Waals surface area contributed by atoms with Crippen LogP contribution in [0.3, 0.4) is 0 Å². The molecular weight excluding hydrogens is 290 g/mol. The molecule has 5 nitrogen and oxygen atoms in total. The number of pyridine rings is 1. The highest BCUT2D eigenvalue weighted by Crippen LogP contribution is 2.30. The van der Waals surface area contributed by atoms with Crippen molar-refractivity contribution in [3.63, 3.8) is 0 Å². The van der Waals surface area contributed by atoms with Crippen LogP contribution in [0.5, 0.6) is 0 Å². The van der Waals surface area contributed by atoms with Crippen molar-refractivity contribution in [3.8, 4) is 0 Å². The van der Waals surface area contributed by atoms with E-state index in [0.717, 1.165) is 22.4 Å². The average molecular weight is 309 g/mol. The average Bonchev–Trinajstić information content (AvgIpc) is 2.92. The van der Waals surface area contributed by atoms with Crippen LogP contribution in [0, 0.1) is 12.8 Å². The summed E-state index contributed by atoms with van der Waals surface area (Å²) >= 11 is 0. The van der Waals surface area contributed by atoms with Crippen molar-refractivity contribution < 1.29 is 9.59 Å². The Morgan fingerprint density at radius 2 is 1.91 bits per heavy atom. The third kappa shape index (κ3) is 3.39. The third-order valence-corrected chi connectivity index (χ3v) is 4.08. The second kappa shape index (κ2) is 6.20. The number of nitrogens with one attached hydrogen (secondary N) is 2. The molecule has 5 heteroatoms. The second-order valence-corrected chi connectivity index (χ2v) is 5.93. The van der Waals surface area contributed by atoms with Crippen molar-refractivity contribution in [2.24, 2.45) is 5.92 Å². The van der Waals surface area contributed by atoms with Crippen LogP contribution >= 0.6 is 0 Å². The van der Waals surface area contributed by atoms with Gasteiger partial charge >= 0.3 is 0 Å². The van der Waals surface area contributed by atoms with E-state index in [9.17, 15) is 9.59 Å². The third-order valence-electron chi connectivity index (χ3n) is 4.08. The van der Waals surface area contributed by atoms with Crippen LogP contribution in [0.1, 0.15) is 23.6 Å². The topological polar surface area (TPSA) is 71.1 Å². The maximum absolute atomic E-state index is 12.5. The van der Waals surface area contributed by atoms with E-state index in [2.05, 4.69) is 15.6 Å². The molecule has 0 saturated carbocycles. The molecule has 3 rings (SSSR count). The number of hydrogen-bond donors (Lipinski definition) is 2. The molecule has 1 heterocycles. The Morgan fingerprint density at radius 3 is 2.65 bits per heavy atom. The first-order valence-electron chi connectivity index (χ1n) is 7.65. The fourth-order valence-corrected chi connectivity index (χ4v) is 2.92. The molecule has 1 aromatic heterocycles. The number of rotatable bonds is 3. The Kier molecular flexibility index (Phi) is 4.10. The van der Waals surface area contributed by atoms with E-state index in [-0.39, 0.29) is 17.7 Å². The van der Waals surface area contributed by atoms with Gasteiger partial charge in [0.15, 0.2) is 0 Å². The van der Waals surface area contributed by atoms with E-state index in [1.54, 1.807) is 6.20 Å². The Morgan fingerprint density at radius 1 is 1.13 bits per heavy atom. The number of carbonyl (C=O) groups is 2. The van der Waals surface area contributed by atoms with Gasteiger partial charge in [0.2, 0.25) is 11.8 Å². The Bertz CT molecular complexity index is 771. The lowest BCUT2D eigenvalue weighted by Crippen LogP contribution is -2.24. The molecule has 0 fully saturated rings. The number of aromatic nitrogens is 1. The molecular formula is C18H19N3O2. The number of aryl methyl sites for hydroxylation is 1. The molecule has 1 atom stereocenters. The van der Waals surface area contributed by atoms with Gasteiger partial charge in [-0.3, -0.25) is 9.59 Å². The monoisotopic (exact) mass is 309 g/mol. The summed E-state index contributed by atoms with van der Waals surface area (Å²) in [7, 11) is 0. The van der Waals surface area contributed by atoms with Gasteiger partial charge in [0, 0.05) is 24.7 Å². The van der Waals surface area contributed by atoms with Gasteiger partial charge < -0.3 is 10.6 Å². The zero-order chi connectivity index (χ0) is 16.4. The smallest absolute Gasteiger partial charge is 0.229 e. The molecule has 118 valence electrons. The highest BCUT2D eigenvalue weighted by atomic mass is 16.2. The normalized spacial score (nSPS) is 15.8. The Balaban J connectivity index is 1.70. The number of nitrogens with zero attached hydrogens (tertiary/aromatic N) is 1. The largest absolute Gasteiger partial charge is 0.326 e. The molecule has 2 N–H and O–H groups in total. The van der Waals surface area contributed by atoms with Crippen LogP contribution in [-0.4, -0.2) is 16.8 Å². The second-order valence-electron chi connectivity index (χ2n) is 5.93. The van der Waals surface area contributed by atoms with E-state index >= 15 is 0 Å². The van der Waals surface area contributed by atoms with E-state index in [0.29, 0.717) is 18.7 Å². The molecule has 2 amide bonds. The van der Waals surface area contributed by atoms with Crippen LogP contribution in [0.2, 0.25) is 0 Å². The lowest BCUT2D eigenvalue weighted by atomic mass is 10.1. The van der Waals surface area contributed by atoms with Crippen molar-refractivity contribution in [1.29, 1.82) is 0 Å². The first-order valence-corrected chi connectivity index (χ1v) is 7.65. The summed E-state index contributed by atoms with van der Waals surface area (Å²) in [6.45, 7) is 3.41. The predicted octanol–water partition coefficient (Wildman–Crippen LogP) is 2.70. The summed E-state index contributed by atoms with van der Waals surface area (Å²) in [5.74, 6) is 0.415. The quantitative estimate of drug-likeness (QED) is 0.915. The standard InChI is InChI=1S/C18H19N3O2/c1-11-4-3-7-19-17(11)21-18(23)15-8-13-5-6-16(20-12(2)22)10-14(13)9-15/h3-7,10,15H,8-9H2,1-2H3,(H,20,22)(H,19,21,23). The number of benzene rings is 1. The molecule has 23 heavy (non-hydrogen) atoms. The lowest BCUT2D eigenvalue weighted by Gasteiger charge is -2.11. The molecule has 1 aromatic carbocycles. The summed E-state index contributed by atoms with van der Waals surface area (Å²) < 4.78 is 0. The summed E-state index contributed by atoms with van der Waals surface area (Å²) in [5, 5.41) is 5.69. The summed E-state index contributed by atoms with van der Waals surface area (Å²) in [6.07, 6.45) is 3.07. The van der Waals surface area contributed by atoms with Gasteiger partial charge in [-0.1, -0.05) is 12.1 Å². The number of anilines is 2. The van der Waals surface area contributed by atoms with Crippen molar-refractivity contribution >= 4 is 23.3 Å². The highest BCUT2D eigenvalue weighted by Gasteiger charge is 2.28. The number of fused-ring (bicyclic) bond motifs is 1. The van der Waals surface area contributed by atoms with E-state index < -0.39 is 0 Å². The fraction of sp³-hybridized carbons (Fsp3) is 0.278. The number of carbonyl (C=O) groups excluding carboxylic acids is 2. The SMILES string of the molecule is CC(=O)Nc1ccc2c(c1)CC(C(=O)Nc1ncccc1C)C2. The van der Waals surface area contributed by atoms with E-state index in [1.165, 1.54) is 6.92 Å². The van der Waals surface area contributed by atoms with Gasteiger partial charge in [-0.2, -0.15) is 0 Å². The number of hydrogen-bond acceptors (Lipinski definition) is 3. The first-order chi connectivity index (χ1) is 11.0. The van der Waals surface area contributed by atoms with Crippen LogP contribution < -0.4 is 10.6 Å². The van der Waals surface area contributed by atoms with Gasteiger partial charge in [0.25, 0.3) is 0 Å². The minimum atomic E-state index is -0.0982. The van der Waals surface area contributed by atoms with Crippen molar-refractivity contribution in [2.45, 2.75) is 26.7 Å². The van der Waals surface area contributed by atoms with E-state index in [4.69, 9.17) is 0 Å². The van der Waals surface area contributed by atoms with Gasteiger partial charge in [-0.15, -0.1) is 0 Å². The van der Waals surface area contributed by atoms with E-state index in [1.807, 2.05) is 37.3 Å². The molecule has 0 saturated heterocycles. The zero-order valence-electron chi connectivity index (χ0n) is 13.2. The molecule has 1 aliphatic rings. The van der Waals surface area contributed by atoms with Gasteiger partial charge in [-0.25, -0.2) is 4.98 Å². The summed E-state index contributed by atoms with van der Waals surface area (Å²) in [4.78, 5) is 27.8. The zero-order valence-corrected chi connectivity index (χ0v) is 13.2. The molecule has 0 bridgehead atoms. The van der Waals surface area contributed by atoms with Crippen molar-refractivity contribution in [1.82, 2.24) is 4.98 Å². The Hall–Kier alpha value is -2.69. The van der Waals surface area contributed by atoms with Crippen LogP contribution in [0.25, 0.3) is 0 Å². The predicted molar refractivity (Wildman–Crippen MR) is 89.2 cm³/mol. The van der Waals surface area contributed by atoms with Gasteiger partial charge in [0.1, 0.15) is 5.82 Å². The lowest BCUT2D eigenvalue weighted by molar-refractivity contribution is -0.119. The molecule has 2 aromatic rings. The van der Waals surface area contributed by atoms with Crippen LogP contribution in [-0.2, 0) is 22.4 Å². The van der Waals surface area contributed by atoms with Crippen molar-refractivity contribution in [3.05, 3.63) is 53.2 Å². The molecule has 0 radical (unpaired) electrons. The first kappa shape index (κ1) is 15.2. The minimum absolute atomic E-state index is 0.0101. The van der Waals surface area contributed by atoms with Gasteiger partial charge in [0.05, 0.1) is 0 Å². The van der Waals surface area contributed by atoms with Crippen molar-refractivity contribution in [2.75, 3.05) is 10.6 Å². The molecule has 0 aliphatic heterocycles. The summed E-state index contributed by atoms with van der Waals surface area (Å²) in [6, 6.07) is 9.59. The van der Waals surface area contributed by atoms with Crippen LogP contribution in [0.15, 0.2) is 36.5 Å². The fourth-order valence-electron chi connectivity index (χ4n) is 2.92. The highest BCUT2D eigenvalue weighted by molar-refractivity contribution is 5.93. The maximum Gasteiger partial charge on any atom is 0.229 e. The minimum Gasteiger partial charge on any atom is -0.326 e. The van der Waals surface area contributed by atoms with Gasteiger partial charge in [-0.05, 0) is 54.7 Å². The number of amides is 2. The summed E-state index contributed by atoms with van der Waals surface area (Å²) in [5.41, 5.74) is 4.01. The Labute approximate surface area is 135 Å². The molecule has 1 aliphatic carbocycles. The molecule has 0 spiro atoms. The maximum atomic E-state index is 12.5.